The Kier molecular flexibility index (Phi) is 7.98. The number of halogens is 1. The lowest BCUT2D eigenvalue weighted by Gasteiger charge is -2.35. The minimum Gasteiger partial charge on any atom is -0.497 e. The molecule has 3 rings (SSSR count). The van der Waals surface area contributed by atoms with Crippen LogP contribution < -0.4 is 15.4 Å². The number of rotatable bonds is 7. The fourth-order valence-electron chi connectivity index (χ4n) is 3.26. The number of nitrogens with zero attached hydrogens (tertiary/aromatic N) is 2. The summed E-state index contributed by atoms with van der Waals surface area (Å²) in [6.07, 6.45) is 0.883. The summed E-state index contributed by atoms with van der Waals surface area (Å²) in [5, 5.41) is 6.86. The molecular formula is C22H27FN4O2S. The molecular weight excluding hydrogens is 403 g/mol. The highest BCUT2D eigenvalue weighted by molar-refractivity contribution is 7.80. The Balaban J connectivity index is 1.34. The summed E-state index contributed by atoms with van der Waals surface area (Å²) in [5.41, 5.74) is 1.82. The lowest BCUT2D eigenvalue weighted by atomic mass is 10.1. The molecule has 1 aliphatic heterocycles. The number of carbonyl (C=O) groups excluding carboxylic acids is 1. The Labute approximate surface area is 182 Å². The van der Waals surface area contributed by atoms with Crippen LogP contribution in [-0.4, -0.2) is 67.2 Å². The Morgan fingerprint density at radius 1 is 1.07 bits per heavy atom. The number of carbonyl (C=O) groups is 1. The highest BCUT2D eigenvalue weighted by Crippen LogP contribution is 2.12. The Morgan fingerprint density at radius 2 is 1.73 bits per heavy atom. The number of hydrogen-bond acceptors (Lipinski definition) is 4. The molecule has 0 radical (unpaired) electrons. The van der Waals surface area contributed by atoms with Gasteiger partial charge in [0, 0.05) is 38.4 Å². The number of nitrogens with one attached hydrogen (secondary N) is 2. The number of piperazine rings is 1. The van der Waals surface area contributed by atoms with E-state index >= 15 is 0 Å². The standard InChI is InChI=1S/C22H27FN4O2S/c1-29-20-8-2-17(3-9-20)10-11-24-22(30)27-14-12-26(13-15-27)16-21(28)25-19-6-4-18(23)5-7-19/h2-9H,10-16H2,1H3,(H,24,30)(H,25,28). The number of ether oxygens (including phenoxy) is 1. The van der Waals surface area contributed by atoms with Crippen LogP contribution >= 0.6 is 12.2 Å². The summed E-state index contributed by atoms with van der Waals surface area (Å²) < 4.78 is 18.1. The van der Waals surface area contributed by atoms with Crippen molar-refractivity contribution in [2.75, 3.05) is 51.7 Å². The first-order valence-corrected chi connectivity index (χ1v) is 10.4. The summed E-state index contributed by atoms with van der Waals surface area (Å²) in [4.78, 5) is 16.4. The molecule has 0 unspecified atom stereocenters. The van der Waals surface area contributed by atoms with Gasteiger partial charge in [-0.15, -0.1) is 0 Å². The molecule has 6 nitrogen and oxygen atoms in total. The summed E-state index contributed by atoms with van der Waals surface area (Å²) in [6.45, 7) is 4.15. The monoisotopic (exact) mass is 430 g/mol. The summed E-state index contributed by atoms with van der Waals surface area (Å²) >= 11 is 5.52. The molecule has 0 atom stereocenters. The molecule has 0 saturated carbocycles. The normalized spacial score (nSPS) is 14.3. The number of methoxy groups -OCH3 is 1. The van der Waals surface area contributed by atoms with Gasteiger partial charge in [-0.25, -0.2) is 4.39 Å². The average Bonchev–Trinajstić information content (AvgIpc) is 2.76. The number of thiocarbonyl (C=S) groups is 1. The van der Waals surface area contributed by atoms with Crippen LogP contribution in [0.1, 0.15) is 5.56 Å². The van der Waals surface area contributed by atoms with E-state index in [1.807, 2.05) is 12.1 Å². The molecule has 0 bridgehead atoms. The van der Waals surface area contributed by atoms with Crippen molar-refractivity contribution in [1.29, 1.82) is 0 Å². The minimum absolute atomic E-state index is 0.102. The van der Waals surface area contributed by atoms with Crippen molar-refractivity contribution in [3.8, 4) is 5.75 Å². The van der Waals surface area contributed by atoms with Gasteiger partial charge in [0.25, 0.3) is 0 Å². The highest BCUT2D eigenvalue weighted by atomic mass is 32.1. The van der Waals surface area contributed by atoms with E-state index in [2.05, 4.69) is 32.6 Å². The number of amides is 1. The van der Waals surface area contributed by atoms with Crippen molar-refractivity contribution < 1.29 is 13.9 Å². The second-order valence-corrected chi connectivity index (χ2v) is 7.53. The minimum atomic E-state index is -0.322. The number of benzene rings is 2. The summed E-state index contributed by atoms with van der Waals surface area (Å²) in [5.74, 6) is 0.430. The Hall–Kier alpha value is -2.71. The van der Waals surface area contributed by atoms with Crippen LogP contribution in [0.3, 0.4) is 0 Å². The number of hydrogen-bond donors (Lipinski definition) is 2. The van der Waals surface area contributed by atoms with Gasteiger partial charge in [-0.3, -0.25) is 9.69 Å². The van der Waals surface area contributed by atoms with E-state index in [9.17, 15) is 9.18 Å². The quantitative estimate of drug-likeness (QED) is 0.659. The smallest absolute Gasteiger partial charge is 0.238 e. The van der Waals surface area contributed by atoms with Gasteiger partial charge >= 0.3 is 0 Å². The molecule has 30 heavy (non-hydrogen) atoms. The van der Waals surface area contributed by atoms with Gasteiger partial charge in [-0.2, -0.15) is 0 Å². The van der Waals surface area contributed by atoms with Gasteiger partial charge in [0.15, 0.2) is 5.11 Å². The molecule has 1 heterocycles. The topological polar surface area (TPSA) is 56.8 Å². The van der Waals surface area contributed by atoms with E-state index in [4.69, 9.17) is 17.0 Å². The maximum atomic E-state index is 12.9. The van der Waals surface area contributed by atoms with Crippen molar-refractivity contribution in [2.45, 2.75) is 6.42 Å². The molecule has 8 heteroatoms. The summed E-state index contributed by atoms with van der Waals surface area (Å²) in [6, 6.07) is 13.8. The zero-order chi connectivity index (χ0) is 21.3. The van der Waals surface area contributed by atoms with E-state index in [1.165, 1.54) is 17.7 Å². The van der Waals surface area contributed by atoms with Crippen molar-refractivity contribution in [1.82, 2.24) is 15.1 Å². The van der Waals surface area contributed by atoms with Crippen LogP contribution in [0.15, 0.2) is 48.5 Å². The third-order valence-electron chi connectivity index (χ3n) is 5.00. The Morgan fingerprint density at radius 3 is 2.37 bits per heavy atom. The molecule has 0 spiro atoms. The molecule has 2 aromatic rings. The van der Waals surface area contributed by atoms with Gasteiger partial charge in [0.1, 0.15) is 11.6 Å². The lowest BCUT2D eigenvalue weighted by molar-refractivity contribution is -0.117. The van der Waals surface area contributed by atoms with Crippen molar-refractivity contribution in [3.63, 3.8) is 0 Å². The van der Waals surface area contributed by atoms with Crippen LogP contribution in [0.25, 0.3) is 0 Å². The van der Waals surface area contributed by atoms with E-state index in [0.29, 0.717) is 12.2 Å². The Bertz CT molecular complexity index is 837. The summed E-state index contributed by atoms with van der Waals surface area (Å²) in [7, 11) is 1.66. The van der Waals surface area contributed by atoms with E-state index in [-0.39, 0.29) is 11.7 Å². The van der Waals surface area contributed by atoms with Crippen LogP contribution in [0, 0.1) is 5.82 Å². The maximum absolute atomic E-state index is 12.9. The van der Waals surface area contributed by atoms with Gasteiger partial charge in [-0.05, 0) is 60.6 Å². The van der Waals surface area contributed by atoms with Gasteiger partial charge in [-0.1, -0.05) is 12.1 Å². The first kappa shape index (κ1) is 22.0. The third kappa shape index (κ3) is 6.67. The van der Waals surface area contributed by atoms with Gasteiger partial charge in [0.2, 0.25) is 5.91 Å². The molecule has 1 saturated heterocycles. The first-order chi connectivity index (χ1) is 14.5. The third-order valence-corrected chi connectivity index (χ3v) is 5.41. The molecule has 1 fully saturated rings. The molecule has 0 aromatic heterocycles. The van der Waals surface area contributed by atoms with E-state index in [1.54, 1.807) is 19.2 Å². The van der Waals surface area contributed by atoms with Crippen LogP contribution in [-0.2, 0) is 11.2 Å². The predicted molar refractivity (Wildman–Crippen MR) is 120 cm³/mol. The molecule has 1 amide bonds. The van der Waals surface area contributed by atoms with E-state index < -0.39 is 0 Å². The van der Waals surface area contributed by atoms with Gasteiger partial charge < -0.3 is 20.3 Å². The lowest BCUT2D eigenvalue weighted by Crippen LogP contribution is -2.53. The molecule has 0 aliphatic carbocycles. The second-order valence-electron chi connectivity index (χ2n) is 7.15. The highest BCUT2D eigenvalue weighted by Gasteiger charge is 2.20. The van der Waals surface area contributed by atoms with Crippen molar-refractivity contribution >= 4 is 28.9 Å². The number of anilines is 1. The fraction of sp³-hybridized carbons (Fsp3) is 0.364. The maximum Gasteiger partial charge on any atom is 0.238 e. The molecule has 160 valence electrons. The van der Waals surface area contributed by atoms with Crippen LogP contribution in [0.4, 0.5) is 10.1 Å². The average molecular weight is 431 g/mol. The molecule has 2 N–H and O–H groups in total. The van der Waals surface area contributed by atoms with Crippen molar-refractivity contribution in [3.05, 3.63) is 59.9 Å². The first-order valence-electron chi connectivity index (χ1n) is 9.97. The molecule has 2 aromatic carbocycles. The molecule has 1 aliphatic rings. The van der Waals surface area contributed by atoms with Crippen LogP contribution in [0.5, 0.6) is 5.75 Å². The zero-order valence-electron chi connectivity index (χ0n) is 17.1. The van der Waals surface area contributed by atoms with Crippen molar-refractivity contribution in [2.24, 2.45) is 0 Å². The van der Waals surface area contributed by atoms with Crippen LogP contribution in [0.2, 0.25) is 0 Å². The fourth-order valence-corrected chi connectivity index (χ4v) is 3.55. The van der Waals surface area contributed by atoms with E-state index in [0.717, 1.165) is 50.0 Å². The zero-order valence-corrected chi connectivity index (χ0v) is 17.9. The second kappa shape index (κ2) is 10.9. The SMILES string of the molecule is COc1ccc(CCNC(=S)N2CCN(CC(=O)Nc3ccc(F)cc3)CC2)cc1. The largest absolute Gasteiger partial charge is 0.497 e. The predicted octanol–water partition coefficient (Wildman–Crippen LogP) is 2.51. The van der Waals surface area contributed by atoms with Gasteiger partial charge in [0.05, 0.1) is 13.7 Å².